The number of carbonyl (C=O) groups is 2. The molecule has 1 aromatic heterocycles. The van der Waals surface area contributed by atoms with E-state index in [4.69, 9.17) is 39.5 Å². The Hall–Kier alpha value is -3.56. The van der Waals surface area contributed by atoms with Gasteiger partial charge in [0.1, 0.15) is 5.69 Å². The molecule has 2 heterocycles. The van der Waals surface area contributed by atoms with E-state index in [0.29, 0.717) is 63.9 Å². The number of amides is 2. The Kier molecular flexibility index (Phi) is 8.09. The molecule has 1 saturated heterocycles. The van der Waals surface area contributed by atoms with Gasteiger partial charge in [0.2, 0.25) is 0 Å². The summed E-state index contributed by atoms with van der Waals surface area (Å²) < 4.78 is 7.32. The van der Waals surface area contributed by atoms with Crippen molar-refractivity contribution in [2.75, 3.05) is 33.3 Å². The van der Waals surface area contributed by atoms with E-state index in [-0.39, 0.29) is 11.6 Å². The van der Waals surface area contributed by atoms with Gasteiger partial charge in [-0.3, -0.25) is 15.0 Å². The molecule has 4 aromatic rings. The van der Waals surface area contributed by atoms with Gasteiger partial charge in [-0.25, -0.2) is 9.69 Å². The first kappa shape index (κ1) is 27.0. The first-order chi connectivity index (χ1) is 18.9. The SMILES string of the molecule is COc1c(C(=O)NN2CCN(C(=O)c3ccc(Cl)cc3)CC2)nn(-c2ccccc2Cl)c1-c1ccc(Cl)cc1. The smallest absolute Gasteiger partial charge is 0.289 e. The van der Waals surface area contributed by atoms with Gasteiger partial charge in [-0.2, -0.15) is 5.10 Å². The van der Waals surface area contributed by atoms with Crippen molar-refractivity contribution >= 4 is 46.6 Å². The van der Waals surface area contributed by atoms with Crippen molar-refractivity contribution < 1.29 is 14.3 Å². The molecular weight excluding hydrogens is 561 g/mol. The van der Waals surface area contributed by atoms with Gasteiger partial charge in [0.25, 0.3) is 11.8 Å². The van der Waals surface area contributed by atoms with Crippen LogP contribution >= 0.6 is 34.8 Å². The van der Waals surface area contributed by atoms with Crippen LogP contribution in [0.3, 0.4) is 0 Å². The molecule has 11 heteroatoms. The Bertz CT molecular complexity index is 1500. The van der Waals surface area contributed by atoms with Crippen LogP contribution < -0.4 is 10.2 Å². The third-order valence-corrected chi connectivity index (χ3v) is 7.20. The summed E-state index contributed by atoms with van der Waals surface area (Å²) in [5.41, 5.74) is 5.48. The van der Waals surface area contributed by atoms with Crippen LogP contribution in [0.4, 0.5) is 0 Å². The quantitative estimate of drug-likeness (QED) is 0.319. The van der Waals surface area contributed by atoms with E-state index in [1.165, 1.54) is 7.11 Å². The summed E-state index contributed by atoms with van der Waals surface area (Å²) >= 11 is 18.6. The Morgan fingerprint density at radius 2 is 1.46 bits per heavy atom. The van der Waals surface area contributed by atoms with E-state index in [9.17, 15) is 9.59 Å². The van der Waals surface area contributed by atoms with Gasteiger partial charge >= 0.3 is 0 Å². The number of aromatic nitrogens is 2. The molecule has 8 nitrogen and oxygen atoms in total. The van der Waals surface area contributed by atoms with Crippen molar-refractivity contribution in [3.63, 3.8) is 0 Å². The summed E-state index contributed by atoms with van der Waals surface area (Å²) in [6.07, 6.45) is 0. The molecule has 2 amide bonds. The van der Waals surface area contributed by atoms with Crippen molar-refractivity contribution in [2.24, 2.45) is 0 Å². The van der Waals surface area contributed by atoms with Crippen LogP contribution in [0, 0.1) is 0 Å². The van der Waals surface area contributed by atoms with E-state index in [0.717, 1.165) is 5.56 Å². The molecule has 0 saturated carbocycles. The summed E-state index contributed by atoms with van der Waals surface area (Å²) in [7, 11) is 1.49. The lowest BCUT2D eigenvalue weighted by Crippen LogP contribution is -2.54. The Balaban J connectivity index is 1.38. The summed E-state index contributed by atoms with van der Waals surface area (Å²) in [5, 5.41) is 8.01. The fraction of sp³-hybridized carbons (Fsp3) is 0.179. The van der Waals surface area contributed by atoms with E-state index in [2.05, 4.69) is 10.5 Å². The van der Waals surface area contributed by atoms with Gasteiger partial charge < -0.3 is 9.64 Å². The van der Waals surface area contributed by atoms with Gasteiger partial charge in [0.05, 0.1) is 17.8 Å². The molecule has 5 rings (SSSR count). The average Bonchev–Trinajstić information content (AvgIpc) is 3.34. The number of methoxy groups -OCH3 is 1. The maximum atomic E-state index is 13.5. The molecule has 1 N–H and O–H groups in total. The Morgan fingerprint density at radius 1 is 0.846 bits per heavy atom. The van der Waals surface area contributed by atoms with Crippen molar-refractivity contribution in [3.8, 4) is 22.7 Å². The molecule has 0 atom stereocenters. The molecule has 3 aromatic carbocycles. The number of rotatable bonds is 6. The maximum absolute atomic E-state index is 13.5. The fourth-order valence-corrected chi connectivity index (χ4v) is 4.87. The average molecular weight is 585 g/mol. The van der Waals surface area contributed by atoms with Gasteiger partial charge in [0, 0.05) is 47.4 Å². The minimum absolute atomic E-state index is 0.0783. The molecule has 0 unspecified atom stereocenters. The standard InChI is InChI=1S/C28H24Cl3N5O3/c1-39-26-24(27(37)33-35-16-14-34(15-17-35)28(38)19-8-12-21(30)13-9-19)32-36(23-5-3-2-4-22(23)31)25(26)18-6-10-20(29)11-7-18/h2-13H,14-17H2,1H3,(H,33,37). The minimum atomic E-state index is -0.439. The summed E-state index contributed by atoms with van der Waals surface area (Å²) in [5.74, 6) is -0.220. The van der Waals surface area contributed by atoms with Gasteiger partial charge in [-0.1, -0.05) is 59.1 Å². The van der Waals surface area contributed by atoms with Crippen LogP contribution in [0.15, 0.2) is 72.8 Å². The number of halogens is 3. The van der Waals surface area contributed by atoms with Gasteiger partial charge in [0.15, 0.2) is 11.4 Å². The zero-order valence-corrected chi connectivity index (χ0v) is 23.2. The van der Waals surface area contributed by atoms with Crippen LogP contribution in [0.2, 0.25) is 15.1 Å². The van der Waals surface area contributed by atoms with Crippen LogP contribution in [0.25, 0.3) is 16.9 Å². The Morgan fingerprint density at radius 3 is 2.08 bits per heavy atom. The fourth-order valence-electron chi connectivity index (χ4n) is 4.40. The number of hydrogen-bond acceptors (Lipinski definition) is 5. The highest BCUT2D eigenvalue weighted by Crippen LogP contribution is 2.37. The number of nitrogens with one attached hydrogen (secondary N) is 1. The number of benzene rings is 3. The number of piperazine rings is 1. The second kappa shape index (κ2) is 11.7. The first-order valence-corrected chi connectivity index (χ1v) is 13.3. The molecule has 0 aliphatic carbocycles. The molecule has 0 radical (unpaired) electrons. The van der Waals surface area contributed by atoms with Crippen LogP contribution in [-0.2, 0) is 0 Å². The minimum Gasteiger partial charge on any atom is -0.492 e. The highest BCUT2D eigenvalue weighted by Gasteiger charge is 2.29. The monoisotopic (exact) mass is 583 g/mol. The molecule has 1 aliphatic heterocycles. The summed E-state index contributed by atoms with van der Waals surface area (Å²) in [6.45, 7) is 1.79. The predicted octanol–water partition coefficient (Wildman–Crippen LogP) is 5.61. The molecule has 1 fully saturated rings. The lowest BCUT2D eigenvalue weighted by Gasteiger charge is -2.34. The van der Waals surface area contributed by atoms with Crippen molar-refractivity contribution in [1.29, 1.82) is 0 Å². The highest BCUT2D eigenvalue weighted by atomic mass is 35.5. The second-order valence-corrected chi connectivity index (χ2v) is 10.1. The number of para-hydroxylation sites is 1. The number of hydrogen-bond donors (Lipinski definition) is 1. The topological polar surface area (TPSA) is 79.7 Å². The van der Waals surface area contributed by atoms with Gasteiger partial charge in [-0.05, 0) is 48.5 Å². The van der Waals surface area contributed by atoms with Crippen LogP contribution in [-0.4, -0.2) is 64.8 Å². The number of nitrogens with zero attached hydrogens (tertiary/aromatic N) is 4. The molecule has 39 heavy (non-hydrogen) atoms. The van der Waals surface area contributed by atoms with Crippen LogP contribution in [0.1, 0.15) is 20.8 Å². The number of hydrazine groups is 1. The normalized spacial score (nSPS) is 13.8. The lowest BCUT2D eigenvalue weighted by atomic mass is 10.1. The number of ether oxygens (including phenoxy) is 1. The maximum Gasteiger partial charge on any atom is 0.289 e. The van der Waals surface area contributed by atoms with Crippen molar-refractivity contribution in [1.82, 2.24) is 25.1 Å². The van der Waals surface area contributed by atoms with E-state index >= 15 is 0 Å². The van der Waals surface area contributed by atoms with E-state index in [1.807, 2.05) is 30.3 Å². The predicted molar refractivity (Wildman–Crippen MR) is 152 cm³/mol. The number of carbonyl (C=O) groups excluding carboxylic acids is 2. The third-order valence-electron chi connectivity index (χ3n) is 6.38. The highest BCUT2D eigenvalue weighted by molar-refractivity contribution is 6.32. The van der Waals surface area contributed by atoms with Crippen molar-refractivity contribution in [2.45, 2.75) is 0 Å². The molecule has 200 valence electrons. The van der Waals surface area contributed by atoms with Gasteiger partial charge in [-0.15, -0.1) is 0 Å². The lowest BCUT2D eigenvalue weighted by molar-refractivity contribution is 0.0502. The molecule has 1 aliphatic rings. The summed E-state index contributed by atoms with van der Waals surface area (Å²) in [4.78, 5) is 28.1. The zero-order chi connectivity index (χ0) is 27.5. The van der Waals surface area contributed by atoms with E-state index in [1.54, 1.807) is 57.1 Å². The Labute approximate surface area is 240 Å². The second-order valence-electron chi connectivity index (χ2n) is 8.83. The van der Waals surface area contributed by atoms with Crippen LogP contribution in [0.5, 0.6) is 5.75 Å². The largest absolute Gasteiger partial charge is 0.492 e. The van der Waals surface area contributed by atoms with Crippen molar-refractivity contribution in [3.05, 3.63) is 99.1 Å². The van der Waals surface area contributed by atoms with E-state index < -0.39 is 5.91 Å². The zero-order valence-electron chi connectivity index (χ0n) is 20.9. The summed E-state index contributed by atoms with van der Waals surface area (Å²) in [6, 6.07) is 21.2. The molecular formula is C28H24Cl3N5O3. The third kappa shape index (κ3) is 5.74. The molecule has 0 bridgehead atoms. The first-order valence-electron chi connectivity index (χ1n) is 12.1. The molecule has 0 spiro atoms.